The minimum absolute atomic E-state index is 0.0318. The van der Waals surface area contributed by atoms with Gasteiger partial charge >= 0.3 is 6.18 Å². The molecule has 0 saturated carbocycles. The lowest BCUT2D eigenvalue weighted by atomic mass is 10.2. The maximum atomic E-state index is 12.6. The summed E-state index contributed by atoms with van der Waals surface area (Å²) >= 11 is 6.90. The maximum absolute atomic E-state index is 12.6. The number of hydrogen-bond acceptors (Lipinski definition) is 3. The van der Waals surface area contributed by atoms with Gasteiger partial charge < -0.3 is 0 Å². The highest BCUT2D eigenvalue weighted by Gasteiger charge is 2.31. The minimum Gasteiger partial charge on any atom is -0.207 e. The zero-order valence-corrected chi connectivity index (χ0v) is 12.7. The van der Waals surface area contributed by atoms with E-state index < -0.39 is 26.7 Å². The molecule has 0 aliphatic carbocycles. The quantitative estimate of drug-likeness (QED) is 0.904. The molecule has 0 aliphatic rings. The first-order chi connectivity index (χ1) is 9.68. The fourth-order valence-corrected chi connectivity index (χ4v) is 3.71. The molecule has 1 aromatic carbocycles. The second-order valence-electron chi connectivity index (χ2n) is 4.06. The zero-order valence-electron chi connectivity index (χ0n) is 10.3. The Kier molecular flexibility index (Phi) is 4.62. The summed E-state index contributed by atoms with van der Waals surface area (Å²) in [5, 5.41) is 0. The molecule has 0 atom stereocenters. The van der Waals surface area contributed by atoms with Gasteiger partial charge in [0.2, 0.25) is 10.0 Å². The van der Waals surface area contributed by atoms with E-state index in [9.17, 15) is 21.6 Å². The van der Waals surface area contributed by atoms with E-state index in [2.05, 4.69) is 4.72 Å². The van der Waals surface area contributed by atoms with E-state index in [1.54, 1.807) is 12.1 Å². The Morgan fingerprint density at radius 2 is 1.90 bits per heavy atom. The van der Waals surface area contributed by atoms with Crippen molar-refractivity contribution in [3.8, 4) is 0 Å². The molecule has 0 saturated heterocycles. The van der Waals surface area contributed by atoms with Crippen LogP contribution < -0.4 is 4.72 Å². The van der Waals surface area contributed by atoms with Gasteiger partial charge in [0.1, 0.15) is 0 Å². The highest BCUT2D eigenvalue weighted by Crippen LogP contribution is 2.30. The van der Waals surface area contributed by atoms with E-state index in [1.807, 2.05) is 0 Å². The van der Waals surface area contributed by atoms with Crippen LogP contribution in [0.2, 0.25) is 4.34 Å². The van der Waals surface area contributed by atoms with Gasteiger partial charge in [-0.1, -0.05) is 17.7 Å². The van der Waals surface area contributed by atoms with Crippen molar-refractivity contribution in [2.75, 3.05) is 0 Å². The van der Waals surface area contributed by atoms with E-state index in [1.165, 1.54) is 11.3 Å². The Hall–Kier alpha value is -1.09. The van der Waals surface area contributed by atoms with Crippen LogP contribution in [0.5, 0.6) is 0 Å². The first-order valence-corrected chi connectivity index (χ1v) is 8.27. The summed E-state index contributed by atoms with van der Waals surface area (Å²) in [7, 11) is -4.02. The Bertz CT molecular complexity index is 741. The van der Waals surface area contributed by atoms with Gasteiger partial charge in [-0.15, -0.1) is 11.3 Å². The summed E-state index contributed by atoms with van der Waals surface area (Å²) < 4.78 is 64.5. The van der Waals surface area contributed by atoms with E-state index in [4.69, 9.17) is 11.6 Å². The lowest BCUT2D eigenvalue weighted by Crippen LogP contribution is -2.23. The SMILES string of the molecule is O=S(=O)(NCc1ccc(Cl)s1)c1cccc(C(F)(F)F)c1. The number of rotatable bonds is 4. The number of halogens is 4. The third-order valence-corrected chi connectivity index (χ3v) is 5.17. The van der Waals surface area contributed by atoms with Crippen LogP contribution in [0.3, 0.4) is 0 Å². The number of hydrogen-bond donors (Lipinski definition) is 1. The fourth-order valence-electron chi connectivity index (χ4n) is 1.54. The number of benzene rings is 1. The minimum atomic E-state index is -4.59. The van der Waals surface area contributed by atoms with Gasteiger partial charge in [-0.25, -0.2) is 13.1 Å². The third kappa shape index (κ3) is 4.19. The van der Waals surface area contributed by atoms with E-state index in [0.717, 1.165) is 18.2 Å². The van der Waals surface area contributed by atoms with Crippen LogP contribution in [0.4, 0.5) is 13.2 Å². The summed E-state index contributed by atoms with van der Waals surface area (Å²) in [4.78, 5) is 0.232. The van der Waals surface area contributed by atoms with Gasteiger partial charge in [0, 0.05) is 11.4 Å². The van der Waals surface area contributed by atoms with Gasteiger partial charge in [0.05, 0.1) is 14.8 Å². The van der Waals surface area contributed by atoms with Crippen molar-refractivity contribution >= 4 is 33.0 Å². The average molecular weight is 356 g/mol. The Balaban J connectivity index is 2.19. The van der Waals surface area contributed by atoms with Crippen molar-refractivity contribution in [2.24, 2.45) is 0 Å². The molecule has 2 rings (SSSR count). The molecule has 1 heterocycles. The highest BCUT2D eigenvalue weighted by molar-refractivity contribution is 7.89. The van der Waals surface area contributed by atoms with E-state index >= 15 is 0 Å². The fraction of sp³-hybridized carbons (Fsp3) is 0.167. The molecule has 0 spiro atoms. The molecule has 0 bridgehead atoms. The molecule has 0 unspecified atom stereocenters. The topological polar surface area (TPSA) is 46.2 Å². The molecule has 114 valence electrons. The highest BCUT2D eigenvalue weighted by atomic mass is 35.5. The summed E-state index contributed by atoms with van der Waals surface area (Å²) in [5.41, 5.74) is -1.01. The lowest BCUT2D eigenvalue weighted by molar-refractivity contribution is -0.137. The Labute approximate surface area is 128 Å². The first-order valence-electron chi connectivity index (χ1n) is 5.59. The summed E-state index contributed by atoms with van der Waals surface area (Å²) in [6, 6.07) is 6.84. The predicted molar refractivity (Wildman–Crippen MR) is 74.8 cm³/mol. The van der Waals surface area contributed by atoms with Crippen molar-refractivity contribution in [3.05, 3.63) is 51.2 Å². The van der Waals surface area contributed by atoms with Crippen molar-refractivity contribution in [1.29, 1.82) is 0 Å². The van der Waals surface area contributed by atoms with Crippen molar-refractivity contribution in [3.63, 3.8) is 0 Å². The Morgan fingerprint density at radius 3 is 2.48 bits per heavy atom. The largest absolute Gasteiger partial charge is 0.416 e. The summed E-state index contributed by atoms with van der Waals surface area (Å²) in [5.74, 6) is 0. The van der Waals surface area contributed by atoms with Crippen LogP contribution in [0, 0.1) is 0 Å². The van der Waals surface area contributed by atoms with Crippen molar-refractivity contribution in [2.45, 2.75) is 17.6 Å². The van der Waals surface area contributed by atoms with Gasteiger partial charge in [0.15, 0.2) is 0 Å². The molecule has 1 N–H and O–H groups in total. The molecular weight excluding hydrogens is 347 g/mol. The van der Waals surface area contributed by atoms with E-state index in [0.29, 0.717) is 15.3 Å². The summed E-state index contributed by atoms with van der Waals surface area (Å²) in [6.07, 6.45) is -4.59. The van der Waals surface area contributed by atoms with Crippen molar-refractivity contribution in [1.82, 2.24) is 4.72 Å². The maximum Gasteiger partial charge on any atom is 0.416 e. The molecule has 0 amide bonds. The van der Waals surface area contributed by atoms with Crippen LogP contribution >= 0.6 is 22.9 Å². The van der Waals surface area contributed by atoms with Gasteiger partial charge in [0.25, 0.3) is 0 Å². The molecule has 1 aromatic heterocycles. The van der Waals surface area contributed by atoms with Gasteiger partial charge in [-0.05, 0) is 30.3 Å². The zero-order chi connectivity index (χ0) is 15.7. The number of thiophene rings is 1. The van der Waals surface area contributed by atoms with Crippen molar-refractivity contribution < 1.29 is 21.6 Å². The molecule has 3 nitrogen and oxygen atoms in total. The molecule has 2 aromatic rings. The Morgan fingerprint density at radius 1 is 1.19 bits per heavy atom. The molecule has 0 fully saturated rings. The smallest absolute Gasteiger partial charge is 0.207 e. The van der Waals surface area contributed by atoms with Crippen LogP contribution in [-0.4, -0.2) is 8.42 Å². The number of alkyl halides is 3. The van der Waals surface area contributed by atoms with Gasteiger partial charge in [-0.2, -0.15) is 13.2 Å². The standard InChI is InChI=1S/C12H9ClF3NO2S2/c13-11-5-4-9(20-11)7-17-21(18,19)10-3-1-2-8(6-10)12(14,15)16/h1-6,17H,7H2. The normalized spacial score (nSPS) is 12.6. The molecule has 21 heavy (non-hydrogen) atoms. The summed E-state index contributed by atoms with van der Waals surface area (Å²) in [6.45, 7) is -0.0318. The van der Waals surface area contributed by atoms with Crippen LogP contribution in [-0.2, 0) is 22.7 Å². The third-order valence-electron chi connectivity index (χ3n) is 2.54. The number of nitrogens with one attached hydrogen (secondary N) is 1. The van der Waals surface area contributed by atoms with Crippen LogP contribution in [0.15, 0.2) is 41.3 Å². The number of sulfonamides is 1. The predicted octanol–water partition coefficient (Wildman–Crippen LogP) is 3.90. The molecule has 0 aliphatic heterocycles. The molecular formula is C12H9ClF3NO2S2. The lowest BCUT2D eigenvalue weighted by Gasteiger charge is -2.09. The first kappa shape index (κ1) is 16.3. The monoisotopic (exact) mass is 355 g/mol. The molecule has 9 heteroatoms. The second-order valence-corrected chi connectivity index (χ2v) is 7.62. The molecule has 0 radical (unpaired) electrons. The van der Waals surface area contributed by atoms with Gasteiger partial charge in [-0.3, -0.25) is 0 Å². The second kappa shape index (κ2) is 5.96. The van der Waals surface area contributed by atoms with E-state index in [-0.39, 0.29) is 6.54 Å². The average Bonchev–Trinajstić information content (AvgIpc) is 2.82. The van der Waals surface area contributed by atoms with Crippen LogP contribution in [0.1, 0.15) is 10.4 Å². The van der Waals surface area contributed by atoms with Crippen LogP contribution in [0.25, 0.3) is 0 Å².